The molecule has 2 heteroatoms. The lowest BCUT2D eigenvalue weighted by molar-refractivity contribution is 0.227. The van der Waals surface area contributed by atoms with Crippen LogP contribution in [0.2, 0.25) is 0 Å². The minimum absolute atomic E-state index is 0.506. The third kappa shape index (κ3) is 3.34. The molecule has 1 fully saturated rings. The quantitative estimate of drug-likeness (QED) is 0.698. The number of nitrogens with zero attached hydrogens (tertiary/aromatic N) is 1. The number of rotatable bonds is 5. The van der Waals surface area contributed by atoms with Crippen LogP contribution in [0.1, 0.15) is 51.6 Å². The van der Waals surface area contributed by atoms with Crippen LogP contribution >= 0.6 is 15.9 Å². The molecule has 1 atom stereocenters. The van der Waals surface area contributed by atoms with Crippen molar-refractivity contribution in [2.45, 2.75) is 57.2 Å². The molecule has 0 bridgehead atoms. The molecular formula is C16H24BrN. The Kier molecular flexibility index (Phi) is 4.83. The maximum Gasteiger partial charge on any atom is 0.0414 e. The van der Waals surface area contributed by atoms with Gasteiger partial charge >= 0.3 is 0 Å². The molecule has 0 aromatic carbocycles. The van der Waals surface area contributed by atoms with Crippen molar-refractivity contribution >= 4 is 15.9 Å². The maximum absolute atomic E-state index is 4.47. The molecule has 1 saturated carbocycles. The Hall–Kier alpha value is -0.370. The van der Waals surface area contributed by atoms with Crippen LogP contribution in [-0.2, 0) is 6.42 Å². The van der Waals surface area contributed by atoms with Crippen LogP contribution in [0, 0.1) is 11.3 Å². The Morgan fingerprint density at radius 2 is 2.00 bits per heavy atom. The highest BCUT2D eigenvalue weighted by molar-refractivity contribution is 9.09. The van der Waals surface area contributed by atoms with Crippen LogP contribution in [0.4, 0.5) is 0 Å². The van der Waals surface area contributed by atoms with Gasteiger partial charge in [-0.15, -0.1) is 0 Å². The van der Waals surface area contributed by atoms with Gasteiger partial charge in [0.15, 0.2) is 0 Å². The molecule has 0 N–H and O–H groups in total. The van der Waals surface area contributed by atoms with E-state index in [2.05, 4.69) is 46.9 Å². The van der Waals surface area contributed by atoms with E-state index >= 15 is 0 Å². The summed E-state index contributed by atoms with van der Waals surface area (Å²) in [7, 11) is 0. The van der Waals surface area contributed by atoms with E-state index in [-0.39, 0.29) is 0 Å². The van der Waals surface area contributed by atoms with Crippen LogP contribution in [0.5, 0.6) is 0 Å². The van der Waals surface area contributed by atoms with E-state index in [1.165, 1.54) is 37.8 Å². The predicted molar refractivity (Wildman–Crippen MR) is 81.0 cm³/mol. The molecule has 0 spiro atoms. The highest BCUT2D eigenvalue weighted by atomic mass is 79.9. The molecular weight excluding hydrogens is 286 g/mol. The monoisotopic (exact) mass is 309 g/mol. The van der Waals surface area contributed by atoms with Crippen LogP contribution in [0.15, 0.2) is 24.4 Å². The third-order valence-corrected chi connectivity index (χ3v) is 5.49. The minimum Gasteiger partial charge on any atom is -0.261 e. The second kappa shape index (κ2) is 6.18. The number of pyridine rings is 1. The molecule has 1 unspecified atom stereocenters. The molecule has 0 amide bonds. The summed E-state index contributed by atoms with van der Waals surface area (Å²) in [5, 5.41) is 0. The molecule has 18 heavy (non-hydrogen) atoms. The summed E-state index contributed by atoms with van der Waals surface area (Å²) in [5.41, 5.74) is 1.72. The van der Waals surface area contributed by atoms with Crippen LogP contribution < -0.4 is 0 Å². The third-order valence-electron chi connectivity index (χ3n) is 4.19. The zero-order valence-corrected chi connectivity index (χ0v) is 13.1. The van der Waals surface area contributed by atoms with Gasteiger partial charge in [-0.05, 0) is 42.7 Å². The van der Waals surface area contributed by atoms with Crippen molar-refractivity contribution in [3.05, 3.63) is 30.1 Å². The molecule has 1 aliphatic carbocycles. The first-order valence-electron chi connectivity index (χ1n) is 7.16. The average molecular weight is 310 g/mol. The van der Waals surface area contributed by atoms with E-state index in [9.17, 15) is 0 Å². The van der Waals surface area contributed by atoms with Crippen LogP contribution in [0.3, 0.4) is 0 Å². The normalized spacial score (nSPS) is 20.2. The summed E-state index contributed by atoms with van der Waals surface area (Å²) in [6.45, 7) is 4.70. The zero-order chi connectivity index (χ0) is 13.0. The van der Waals surface area contributed by atoms with Crippen molar-refractivity contribution in [3.8, 4) is 0 Å². The Balaban J connectivity index is 2.06. The number of hydrogen-bond donors (Lipinski definition) is 0. The topological polar surface area (TPSA) is 12.9 Å². The fourth-order valence-electron chi connectivity index (χ4n) is 3.46. The number of hydrogen-bond acceptors (Lipinski definition) is 1. The van der Waals surface area contributed by atoms with Gasteiger partial charge in [-0.25, -0.2) is 0 Å². The Morgan fingerprint density at radius 3 is 2.56 bits per heavy atom. The standard InChI is InChI=1S/C16H24BrN/c1-13(2)12-16(8-4-5-9-16)15(17)11-14-7-3-6-10-18-14/h3,6-7,10,13,15H,4-5,8-9,11-12H2,1-2H3. The highest BCUT2D eigenvalue weighted by Gasteiger charge is 2.40. The van der Waals surface area contributed by atoms with E-state index in [4.69, 9.17) is 0 Å². The summed E-state index contributed by atoms with van der Waals surface area (Å²) < 4.78 is 0. The van der Waals surface area contributed by atoms with E-state index in [0.29, 0.717) is 10.2 Å². The Morgan fingerprint density at radius 1 is 1.28 bits per heavy atom. The lowest BCUT2D eigenvalue weighted by atomic mass is 9.74. The van der Waals surface area contributed by atoms with Gasteiger partial charge in [0.2, 0.25) is 0 Å². The van der Waals surface area contributed by atoms with Gasteiger partial charge in [0, 0.05) is 23.1 Å². The lowest BCUT2D eigenvalue weighted by Gasteiger charge is -2.36. The van der Waals surface area contributed by atoms with E-state index in [1.54, 1.807) is 0 Å². The predicted octanol–water partition coefficient (Wildman–Crippen LogP) is 4.99. The van der Waals surface area contributed by atoms with Gasteiger partial charge in [0.1, 0.15) is 0 Å². The van der Waals surface area contributed by atoms with Crippen molar-refractivity contribution in [2.24, 2.45) is 11.3 Å². The molecule has 2 rings (SSSR count). The molecule has 1 aromatic rings. The van der Waals surface area contributed by atoms with Crippen molar-refractivity contribution in [3.63, 3.8) is 0 Å². The first-order valence-corrected chi connectivity index (χ1v) is 8.08. The minimum atomic E-state index is 0.506. The number of halogens is 1. The second-order valence-electron chi connectivity index (χ2n) is 6.16. The molecule has 0 radical (unpaired) electrons. The van der Waals surface area contributed by atoms with Crippen molar-refractivity contribution in [1.82, 2.24) is 4.98 Å². The van der Waals surface area contributed by atoms with Gasteiger partial charge in [0.05, 0.1) is 0 Å². The van der Waals surface area contributed by atoms with E-state index < -0.39 is 0 Å². The molecule has 100 valence electrons. The van der Waals surface area contributed by atoms with Gasteiger partial charge in [-0.3, -0.25) is 4.98 Å². The lowest BCUT2D eigenvalue weighted by Crippen LogP contribution is -2.31. The zero-order valence-electron chi connectivity index (χ0n) is 11.5. The van der Waals surface area contributed by atoms with Crippen molar-refractivity contribution in [1.29, 1.82) is 0 Å². The number of aromatic nitrogens is 1. The SMILES string of the molecule is CC(C)CC1(C(Br)Cc2ccccn2)CCCC1. The molecule has 0 aliphatic heterocycles. The van der Waals surface area contributed by atoms with Crippen molar-refractivity contribution in [2.75, 3.05) is 0 Å². The molecule has 0 saturated heterocycles. The number of alkyl halides is 1. The Labute approximate surface area is 120 Å². The molecule has 1 aliphatic rings. The smallest absolute Gasteiger partial charge is 0.0414 e. The van der Waals surface area contributed by atoms with E-state index in [0.717, 1.165) is 12.3 Å². The summed E-state index contributed by atoms with van der Waals surface area (Å²) in [5.74, 6) is 0.784. The first-order chi connectivity index (χ1) is 8.62. The summed E-state index contributed by atoms with van der Waals surface area (Å²) in [6, 6.07) is 6.23. The fraction of sp³-hybridized carbons (Fsp3) is 0.688. The Bertz CT molecular complexity index is 355. The second-order valence-corrected chi connectivity index (χ2v) is 7.27. The van der Waals surface area contributed by atoms with E-state index in [1.807, 2.05) is 12.3 Å². The maximum atomic E-state index is 4.47. The summed E-state index contributed by atoms with van der Waals surface area (Å²) in [6.07, 6.45) is 9.87. The highest BCUT2D eigenvalue weighted by Crippen LogP contribution is 2.49. The van der Waals surface area contributed by atoms with Crippen molar-refractivity contribution < 1.29 is 0 Å². The van der Waals surface area contributed by atoms with Gasteiger partial charge in [-0.1, -0.05) is 48.7 Å². The van der Waals surface area contributed by atoms with Gasteiger partial charge < -0.3 is 0 Å². The largest absolute Gasteiger partial charge is 0.261 e. The molecule has 1 heterocycles. The fourth-order valence-corrected chi connectivity index (χ4v) is 4.43. The first kappa shape index (κ1) is 14.0. The molecule has 1 aromatic heterocycles. The van der Waals surface area contributed by atoms with Crippen LogP contribution in [0.25, 0.3) is 0 Å². The van der Waals surface area contributed by atoms with Crippen LogP contribution in [-0.4, -0.2) is 9.81 Å². The van der Waals surface area contributed by atoms with Gasteiger partial charge in [-0.2, -0.15) is 0 Å². The average Bonchev–Trinajstić information content (AvgIpc) is 2.79. The summed E-state index contributed by atoms with van der Waals surface area (Å²) in [4.78, 5) is 5.04. The summed E-state index contributed by atoms with van der Waals surface area (Å²) >= 11 is 3.99. The van der Waals surface area contributed by atoms with Gasteiger partial charge in [0.25, 0.3) is 0 Å². The molecule has 1 nitrogen and oxygen atoms in total.